The van der Waals surface area contributed by atoms with Crippen LogP contribution in [0.25, 0.3) is 0 Å². The van der Waals surface area contributed by atoms with Gasteiger partial charge in [-0.1, -0.05) is 91.0 Å². The maximum atomic E-state index is 12.1. The van der Waals surface area contributed by atoms with Crippen LogP contribution in [-0.4, -0.2) is 77.9 Å². The summed E-state index contributed by atoms with van der Waals surface area (Å²) in [6.07, 6.45) is -2.86. The summed E-state index contributed by atoms with van der Waals surface area (Å²) in [5.74, 6) is -0.731. The molecule has 3 rings (SSSR count). The van der Waals surface area contributed by atoms with Crippen LogP contribution in [0, 0.1) is 5.92 Å². The molecular weight excluding hydrogens is 600 g/mol. The molecule has 12 heteroatoms. The minimum absolute atomic E-state index is 0.0271. The summed E-state index contributed by atoms with van der Waals surface area (Å²) in [7, 11) is 0. The smallest absolute Gasteiger partial charge is 0.434 e. The van der Waals surface area contributed by atoms with Gasteiger partial charge in [-0.15, -0.1) is 0 Å². The van der Waals surface area contributed by atoms with Gasteiger partial charge in [-0.3, -0.25) is 0 Å². The first kappa shape index (κ1) is 35.8. The molecule has 12 nitrogen and oxygen atoms in total. The molecule has 0 fully saturated rings. The third kappa shape index (κ3) is 17.0. The fraction of sp³-hybridized carbons (Fsp3) is 0.382. The molecule has 0 aliphatic carbocycles. The molecule has 0 radical (unpaired) electrons. The Hall–Kier alpha value is -4.65. The van der Waals surface area contributed by atoms with E-state index in [4.69, 9.17) is 42.6 Å². The van der Waals surface area contributed by atoms with Gasteiger partial charge in [-0.05, 0) is 16.7 Å². The molecule has 0 atom stereocenters. The number of ether oxygens (including phenoxy) is 9. The predicted molar refractivity (Wildman–Crippen MR) is 164 cm³/mol. The van der Waals surface area contributed by atoms with Gasteiger partial charge in [0.1, 0.15) is 39.6 Å². The summed E-state index contributed by atoms with van der Waals surface area (Å²) in [4.78, 5) is 36.2. The van der Waals surface area contributed by atoms with Crippen LogP contribution in [-0.2, 0) is 62.5 Å². The van der Waals surface area contributed by atoms with Crippen molar-refractivity contribution in [1.82, 2.24) is 0 Å². The van der Waals surface area contributed by atoms with Crippen molar-refractivity contribution in [3.05, 3.63) is 108 Å². The maximum Gasteiger partial charge on any atom is 0.508 e. The Morgan fingerprint density at radius 3 is 0.957 bits per heavy atom. The molecule has 0 bridgehead atoms. The molecule has 0 spiro atoms. The lowest BCUT2D eigenvalue weighted by atomic mass is 10.2. The third-order valence-corrected chi connectivity index (χ3v) is 5.99. The second kappa shape index (κ2) is 22.8. The van der Waals surface area contributed by atoms with E-state index < -0.39 is 24.4 Å². The summed E-state index contributed by atoms with van der Waals surface area (Å²) >= 11 is 0. The molecule has 0 saturated carbocycles. The predicted octanol–water partition coefficient (Wildman–Crippen LogP) is 5.71. The minimum Gasteiger partial charge on any atom is -0.434 e. The van der Waals surface area contributed by atoms with Gasteiger partial charge in [0.2, 0.25) is 0 Å². The van der Waals surface area contributed by atoms with E-state index in [9.17, 15) is 14.4 Å². The Labute approximate surface area is 268 Å². The van der Waals surface area contributed by atoms with E-state index >= 15 is 0 Å². The molecule has 0 aromatic heterocycles. The number of benzene rings is 3. The van der Waals surface area contributed by atoms with Crippen molar-refractivity contribution in [1.29, 1.82) is 0 Å². The number of hydrogen-bond acceptors (Lipinski definition) is 12. The van der Waals surface area contributed by atoms with Gasteiger partial charge in [-0.25, -0.2) is 14.4 Å². The molecule has 0 unspecified atom stereocenters. The van der Waals surface area contributed by atoms with Crippen molar-refractivity contribution in [2.45, 2.75) is 19.8 Å². The lowest BCUT2D eigenvalue weighted by molar-refractivity contribution is -0.0209. The van der Waals surface area contributed by atoms with Crippen LogP contribution >= 0.6 is 0 Å². The second-order valence-electron chi connectivity index (χ2n) is 9.71. The zero-order chi connectivity index (χ0) is 32.5. The van der Waals surface area contributed by atoms with Crippen molar-refractivity contribution in [3.8, 4) is 0 Å². The third-order valence-electron chi connectivity index (χ3n) is 5.99. The minimum atomic E-state index is -0.954. The van der Waals surface area contributed by atoms with E-state index in [0.717, 1.165) is 16.7 Å². The van der Waals surface area contributed by atoms with Crippen molar-refractivity contribution in [3.63, 3.8) is 0 Å². The van der Waals surface area contributed by atoms with E-state index in [0.29, 0.717) is 19.8 Å². The van der Waals surface area contributed by atoms with Crippen molar-refractivity contribution in [2.24, 2.45) is 5.92 Å². The van der Waals surface area contributed by atoms with Crippen molar-refractivity contribution in [2.75, 3.05) is 59.5 Å². The lowest BCUT2D eigenvalue weighted by Gasteiger charge is -2.17. The second-order valence-corrected chi connectivity index (χ2v) is 9.71. The van der Waals surface area contributed by atoms with E-state index in [-0.39, 0.29) is 59.5 Å². The molecule has 3 aromatic rings. The topological polar surface area (TPSA) is 134 Å². The van der Waals surface area contributed by atoms with Gasteiger partial charge >= 0.3 is 18.5 Å². The van der Waals surface area contributed by atoms with Gasteiger partial charge < -0.3 is 42.6 Å². The summed E-state index contributed by atoms with van der Waals surface area (Å²) in [5, 5.41) is 0. The Morgan fingerprint density at radius 1 is 0.391 bits per heavy atom. The molecular formula is C34H40O12. The fourth-order valence-corrected chi connectivity index (χ4v) is 3.67. The van der Waals surface area contributed by atoms with Gasteiger partial charge in [0.15, 0.2) is 0 Å². The summed E-state index contributed by atoms with van der Waals surface area (Å²) in [5.41, 5.74) is 2.97. The van der Waals surface area contributed by atoms with Crippen LogP contribution in [0.2, 0.25) is 0 Å². The van der Waals surface area contributed by atoms with Gasteiger partial charge in [-0.2, -0.15) is 0 Å². The van der Waals surface area contributed by atoms with Gasteiger partial charge in [0.05, 0.1) is 45.6 Å². The monoisotopic (exact) mass is 640 g/mol. The molecule has 0 saturated heterocycles. The first-order valence-electron chi connectivity index (χ1n) is 14.8. The van der Waals surface area contributed by atoms with E-state index in [1.807, 2.05) is 91.0 Å². The fourth-order valence-electron chi connectivity index (χ4n) is 3.67. The molecule has 248 valence electrons. The first-order valence-corrected chi connectivity index (χ1v) is 14.8. The largest absolute Gasteiger partial charge is 0.508 e. The summed E-state index contributed by atoms with van der Waals surface area (Å²) in [6, 6.07) is 28.7. The number of rotatable bonds is 21. The van der Waals surface area contributed by atoms with E-state index in [1.54, 1.807) is 0 Å². The zero-order valence-electron chi connectivity index (χ0n) is 25.6. The molecule has 0 N–H and O–H groups in total. The van der Waals surface area contributed by atoms with Crippen LogP contribution in [0.3, 0.4) is 0 Å². The van der Waals surface area contributed by atoms with Crippen LogP contribution in [0.4, 0.5) is 14.4 Å². The van der Waals surface area contributed by atoms with Gasteiger partial charge in [0.25, 0.3) is 0 Å². The Kier molecular flexibility index (Phi) is 17.8. The molecule has 0 aliphatic heterocycles. The van der Waals surface area contributed by atoms with Crippen molar-refractivity contribution >= 4 is 18.5 Å². The highest BCUT2D eigenvalue weighted by atomic mass is 16.7. The number of carbonyl (C=O) groups is 3. The SMILES string of the molecule is O=C(OCCOCc1ccccc1)OCC(COC(=O)OCCOCc1ccccc1)COC(=O)OCCOCc1ccccc1. The Bertz CT molecular complexity index is 1090. The standard InChI is InChI=1S/C34H40O12/c35-32(41-19-16-38-22-28-10-4-1-5-11-28)44-25-31(26-45-33(36)42-20-17-39-23-29-12-6-2-7-13-29)27-46-34(37)43-21-18-40-24-30-14-8-3-9-15-30/h1-15,31H,16-27H2. The highest BCUT2D eigenvalue weighted by Crippen LogP contribution is 2.06. The maximum absolute atomic E-state index is 12.1. The number of hydrogen-bond donors (Lipinski definition) is 0. The molecule has 0 amide bonds. The normalized spacial score (nSPS) is 10.6. The van der Waals surface area contributed by atoms with Crippen LogP contribution < -0.4 is 0 Å². The average molecular weight is 641 g/mol. The average Bonchev–Trinajstić information content (AvgIpc) is 3.09. The Balaban J connectivity index is 1.32. The van der Waals surface area contributed by atoms with Crippen LogP contribution in [0.1, 0.15) is 16.7 Å². The number of carbonyl (C=O) groups excluding carboxylic acids is 3. The van der Waals surface area contributed by atoms with Crippen molar-refractivity contribution < 1.29 is 57.0 Å². The van der Waals surface area contributed by atoms with Crippen LogP contribution in [0.15, 0.2) is 91.0 Å². The quantitative estimate of drug-likeness (QED) is 0.0802. The van der Waals surface area contributed by atoms with Gasteiger partial charge in [0, 0.05) is 0 Å². The summed E-state index contributed by atoms with van der Waals surface area (Å²) < 4.78 is 46.8. The summed E-state index contributed by atoms with van der Waals surface area (Å²) in [6.45, 7) is 0.730. The highest BCUT2D eigenvalue weighted by molar-refractivity contribution is 5.61. The molecule has 0 aliphatic rings. The lowest BCUT2D eigenvalue weighted by Crippen LogP contribution is -2.27. The molecule has 0 heterocycles. The molecule has 3 aromatic carbocycles. The zero-order valence-corrected chi connectivity index (χ0v) is 25.6. The first-order chi connectivity index (χ1) is 22.6. The molecule has 46 heavy (non-hydrogen) atoms. The van der Waals surface area contributed by atoms with E-state index in [2.05, 4.69) is 0 Å². The van der Waals surface area contributed by atoms with E-state index in [1.165, 1.54) is 0 Å². The van der Waals surface area contributed by atoms with Crippen LogP contribution in [0.5, 0.6) is 0 Å². The highest BCUT2D eigenvalue weighted by Gasteiger charge is 2.19. The Morgan fingerprint density at radius 2 is 0.674 bits per heavy atom.